The van der Waals surface area contributed by atoms with Gasteiger partial charge in [0.1, 0.15) is 0 Å². The van der Waals surface area contributed by atoms with Crippen LogP contribution in [-0.2, 0) is 16.8 Å². The van der Waals surface area contributed by atoms with Gasteiger partial charge >= 0.3 is 0 Å². The molecule has 0 atom stereocenters. The average molecular weight is 434 g/mol. The van der Waals surface area contributed by atoms with Gasteiger partial charge in [-0.15, -0.1) is 16.8 Å². The van der Waals surface area contributed by atoms with Gasteiger partial charge in [-0.2, -0.15) is 0 Å². The second-order valence-corrected chi connectivity index (χ2v) is 8.81. The number of carbonyl (C=O) groups is 1. The van der Waals surface area contributed by atoms with Crippen molar-refractivity contribution in [1.82, 2.24) is 25.1 Å². The molecule has 3 aromatic rings. The molecule has 2 heterocycles. The SMILES string of the molecule is C=CCn1c(SCC(=O)NCC2(c3ccccc3)CCCC2)nnc1-c1cccnc1. The van der Waals surface area contributed by atoms with Crippen molar-refractivity contribution in [2.24, 2.45) is 0 Å². The Bertz CT molecular complexity index is 1010. The number of benzene rings is 1. The van der Waals surface area contributed by atoms with E-state index in [9.17, 15) is 4.79 Å². The lowest BCUT2D eigenvalue weighted by molar-refractivity contribution is -0.118. The highest BCUT2D eigenvalue weighted by atomic mass is 32.2. The lowest BCUT2D eigenvalue weighted by Gasteiger charge is -2.30. The molecule has 0 saturated heterocycles. The van der Waals surface area contributed by atoms with Gasteiger partial charge in [0, 0.05) is 36.5 Å². The predicted octanol–water partition coefficient (Wildman–Crippen LogP) is 4.25. The Morgan fingerprint density at radius 3 is 2.68 bits per heavy atom. The molecule has 0 spiro atoms. The number of allylic oxidation sites excluding steroid dienone is 1. The van der Waals surface area contributed by atoms with E-state index in [0.29, 0.717) is 24.0 Å². The summed E-state index contributed by atoms with van der Waals surface area (Å²) in [6.45, 7) is 5.08. The maximum Gasteiger partial charge on any atom is 0.230 e. The number of hydrogen-bond donors (Lipinski definition) is 1. The first-order valence-electron chi connectivity index (χ1n) is 10.6. The molecule has 0 bridgehead atoms. The second-order valence-electron chi connectivity index (χ2n) is 7.87. The minimum atomic E-state index is 0.0169. The van der Waals surface area contributed by atoms with E-state index in [4.69, 9.17) is 0 Å². The van der Waals surface area contributed by atoms with E-state index in [1.54, 1.807) is 18.5 Å². The number of thioether (sulfide) groups is 1. The van der Waals surface area contributed by atoms with Crippen LogP contribution in [0, 0.1) is 0 Å². The van der Waals surface area contributed by atoms with Gasteiger partial charge in [0.25, 0.3) is 0 Å². The molecule has 160 valence electrons. The van der Waals surface area contributed by atoms with Crippen LogP contribution in [0.2, 0.25) is 0 Å². The van der Waals surface area contributed by atoms with E-state index in [0.717, 1.165) is 24.2 Å². The maximum atomic E-state index is 12.7. The van der Waals surface area contributed by atoms with Gasteiger partial charge in [0.15, 0.2) is 11.0 Å². The van der Waals surface area contributed by atoms with E-state index >= 15 is 0 Å². The topological polar surface area (TPSA) is 72.7 Å². The highest BCUT2D eigenvalue weighted by Crippen LogP contribution is 2.40. The molecule has 1 fully saturated rings. The minimum absolute atomic E-state index is 0.0169. The van der Waals surface area contributed by atoms with Crippen molar-refractivity contribution in [3.05, 3.63) is 73.1 Å². The molecule has 2 aromatic heterocycles. The summed E-state index contributed by atoms with van der Waals surface area (Å²) in [4.78, 5) is 16.8. The van der Waals surface area contributed by atoms with Gasteiger partial charge < -0.3 is 5.32 Å². The number of hydrogen-bond acceptors (Lipinski definition) is 5. The number of pyridine rings is 1. The lowest BCUT2D eigenvalue weighted by Crippen LogP contribution is -2.39. The van der Waals surface area contributed by atoms with Crippen LogP contribution in [0.4, 0.5) is 0 Å². The Morgan fingerprint density at radius 2 is 1.97 bits per heavy atom. The third-order valence-corrected chi connectivity index (χ3v) is 6.82. The van der Waals surface area contributed by atoms with Gasteiger partial charge in [0.2, 0.25) is 5.91 Å². The van der Waals surface area contributed by atoms with Crippen molar-refractivity contribution in [3.63, 3.8) is 0 Å². The van der Waals surface area contributed by atoms with Crippen LogP contribution in [0.1, 0.15) is 31.2 Å². The van der Waals surface area contributed by atoms with Crippen molar-refractivity contribution in [2.45, 2.75) is 42.8 Å². The molecule has 0 aliphatic heterocycles. The van der Waals surface area contributed by atoms with Gasteiger partial charge in [-0.3, -0.25) is 14.3 Å². The summed E-state index contributed by atoms with van der Waals surface area (Å²) in [6, 6.07) is 14.4. The molecular formula is C24H27N5OS. The number of rotatable bonds is 9. The van der Waals surface area contributed by atoms with Gasteiger partial charge in [-0.05, 0) is 30.5 Å². The first-order valence-corrected chi connectivity index (χ1v) is 11.6. The van der Waals surface area contributed by atoms with Crippen LogP contribution in [0.5, 0.6) is 0 Å². The van der Waals surface area contributed by atoms with Crippen LogP contribution in [0.25, 0.3) is 11.4 Å². The summed E-state index contributed by atoms with van der Waals surface area (Å²) in [6.07, 6.45) is 9.94. The Balaban J connectivity index is 1.40. The molecule has 0 unspecified atom stereocenters. The van der Waals surface area contributed by atoms with Crippen LogP contribution in [0.3, 0.4) is 0 Å². The molecule has 1 aliphatic rings. The quantitative estimate of drug-likeness (QED) is 0.403. The minimum Gasteiger partial charge on any atom is -0.354 e. The van der Waals surface area contributed by atoms with E-state index in [1.165, 1.54) is 30.2 Å². The summed E-state index contributed by atoms with van der Waals surface area (Å²) >= 11 is 1.40. The largest absolute Gasteiger partial charge is 0.354 e. The fourth-order valence-corrected chi connectivity index (χ4v) is 5.04. The average Bonchev–Trinajstić information content (AvgIpc) is 3.46. The zero-order valence-electron chi connectivity index (χ0n) is 17.5. The fourth-order valence-electron chi connectivity index (χ4n) is 4.26. The van der Waals surface area contributed by atoms with E-state index in [2.05, 4.69) is 51.3 Å². The molecule has 6 nitrogen and oxygen atoms in total. The van der Waals surface area contributed by atoms with Crippen LogP contribution in [-0.4, -0.2) is 38.0 Å². The summed E-state index contributed by atoms with van der Waals surface area (Å²) < 4.78 is 1.96. The van der Waals surface area contributed by atoms with Crippen LogP contribution >= 0.6 is 11.8 Å². The lowest BCUT2D eigenvalue weighted by atomic mass is 9.79. The number of nitrogens with one attached hydrogen (secondary N) is 1. The first-order chi connectivity index (χ1) is 15.2. The van der Waals surface area contributed by atoms with Crippen molar-refractivity contribution in [1.29, 1.82) is 0 Å². The van der Waals surface area contributed by atoms with Crippen molar-refractivity contribution in [3.8, 4) is 11.4 Å². The van der Waals surface area contributed by atoms with Crippen molar-refractivity contribution >= 4 is 17.7 Å². The molecule has 31 heavy (non-hydrogen) atoms. The number of nitrogens with zero attached hydrogens (tertiary/aromatic N) is 4. The number of carbonyl (C=O) groups excluding carboxylic acids is 1. The third kappa shape index (κ3) is 4.88. The molecule has 1 amide bonds. The summed E-state index contributed by atoms with van der Waals surface area (Å²) in [5.74, 6) is 1.04. The van der Waals surface area contributed by atoms with Gasteiger partial charge in [0.05, 0.1) is 5.75 Å². The third-order valence-electron chi connectivity index (χ3n) is 5.85. The van der Waals surface area contributed by atoms with E-state index in [1.807, 2.05) is 22.8 Å². The molecule has 1 N–H and O–H groups in total. The standard InChI is InChI=1S/C24H27N5OS/c1-2-15-29-22(19-9-8-14-25-16-19)27-28-23(29)31-17-21(30)26-18-24(12-6-7-13-24)20-10-4-3-5-11-20/h2-5,8-11,14,16H,1,6-7,12-13,15,17-18H2,(H,26,30). The normalized spacial score (nSPS) is 15.0. The van der Waals surface area contributed by atoms with Gasteiger partial charge in [-0.25, -0.2) is 0 Å². The Kier molecular flexibility index (Phi) is 6.82. The van der Waals surface area contributed by atoms with Crippen LogP contribution in [0.15, 0.2) is 72.7 Å². The molecular weight excluding hydrogens is 406 g/mol. The smallest absolute Gasteiger partial charge is 0.230 e. The van der Waals surface area contributed by atoms with Crippen molar-refractivity contribution < 1.29 is 4.79 Å². The molecule has 1 aliphatic carbocycles. The van der Waals surface area contributed by atoms with E-state index in [-0.39, 0.29) is 11.3 Å². The zero-order chi connectivity index (χ0) is 21.5. The zero-order valence-corrected chi connectivity index (χ0v) is 18.4. The summed E-state index contributed by atoms with van der Waals surface area (Å²) in [5.41, 5.74) is 2.27. The summed E-state index contributed by atoms with van der Waals surface area (Å²) in [7, 11) is 0. The first kappa shape index (κ1) is 21.3. The Morgan fingerprint density at radius 1 is 1.16 bits per heavy atom. The maximum absolute atomic E-state index is 12.7. The molecule has 1 aromatic carbocycles. The van der Waals surface area contributed by atoms with E-state index < -0.39 is 0 Å². The predicted molar refractivity (Wildman–Crippen MR) is 124 cm³/mol. The molecule has 4 rings (SSSR count). The fraction of sp³-hybridized carbons (Fsp3) is 0.333. The number of aromatic nitrogens is 4. The number of amides is 1. The molecule has 0 radical (unpaired) electrons. The highest BCUT2D eigenvalue weighted by Gasteiger charge is 2.35. The van der Waals surface area contributed by atoms with Crippen molar-refractivity contribution in [2.75, 3.05) is 12.3 Å². The van der Waals surface area contributed by atoms with Crippen LogP contribution < -0.4 is 5.32 Å². The van der Waals surface area contributed by atoms with Gasteiger partial charge in [-0.1, -0.05) is 61.0 Å². The molecule has 7 heteroatoms. The summed E-state index contributed by atoms with van der Waals surface area (Å²) in [5, 5.41) is 12.5. The highest BCUT2D eigenvalue weighted by molar-refractivity contribution is 7.99. The Hall–Kier alpha value is -2.93. The second kappa shape index (κ2) is 9.92. The monoisotopic (exact) mass is 433 g/mol. The Labute approximate surface area is 187 Å². The molecule has 1 saturated carbocycles.